The smallest absolute Gasteiger partial charge is 0.227 e. The minimum absolute atomic E-state index is 0.0665. The van der Waals surface area contributed by atoms with Crippen LogP contribution in [0, 0.1) is 5.92 Å². The molecule has 21 heavy (non-hydrogen) atoms. The van der Waals surface area contributed by atoms with Crippen molar-refractivity contribution in [1.29, 1.82) is 0 Å². The first-order valence-corrected chi connectivity index (χ1v) is 8.04. The molecule has 1 aliphatic heterocycles. The molecule has 1 amide bonds. The van der Waals surface area contributed by atoms with Crippen LogP contribution in [0.4, 0.5) is 5.69 Å². The van der Waals surface area contributed by atoms with Gasteiger partial charge in [0.2, 0.25) is 5.91 Å². The number of amides is 1. The summed E-state index contributed by atoms with van der Waals surface area (Å²) < 4.78 is 0. The van der Waals surface area contributed by atoms with Crippen LogP contribution in [0.2, 0.25) is 0 Å². The topological polar surface area (TPSA) is 61.4 Å². The van der Waals surface area contributed by atoms with Gasteiger partial charge in [0.1, 0.15) is 0 Å². The SMILES string of the molecule is O=C(NCC1CCCCC1O)C1CCNc2ccccc21. The summed E-state index contributed by atoms with van der Waals surface area (Å²) in [5, 5.41) is 16.4. The third kappa shape index (κ3) is 3.21. The van der Waals surface area contributed by atoms with Gasteiger partial charge in [0, 0.05) is 24.7 Å². The van der Waals surface area contributed by atoms with Crippen LogP contribution in [0.5, 0.6) is 0 Å². The summed E-state index contributed by atoms with van der Waals surface area (Å²) in [5.41, 5.74) is 2.16. The molecule has 3 unspecified atom stereocenters. The molecule has 4 heteroatoms. The van der Waals surface area contributed by atoms with E-state index in [2.05, 4.69) is 10.6 Å². The van der Waals surface area contributed by atoms with Crippen molar-refractivity contribution >= 4 is 11.6 Å². The van der Waals surface area contributed by atoms with Gasteiger partial charge >= 0.3 is 0 Å². The monoisotopic (exact) mass is 288 g/mol. The number of aliphatic hydroxyl groups excluding tert-OH is 1. The Kier molecular flexibility index (Phi) is 4.44. The first-order chi connectivity index (χ1) is 10.3. The minimum Gasteiger partial charge on any atom is -0.393 e. The Bertz CT molecular complexity index is 503. The lowest BCUT2D eigenvalue weighted by atomic mass is 9.86. The van der Waals surface area contributed by atoms with Gasteiger partial charge in [-0.1, -0.05) is 31.0 Å². The molecule has 3 N–H and O–H groups in total. The molecular weight excluding hydrogens is 264 g/mol. The maximum absolute atomic E-state index is 12.5. The summed E-state index contributed by atoms with van der Waals surface area (Å²) in [6.07, 6.45) is 4.73. The van der Waals surface area contributed by atoms with Crippen LogP contribution >= 0.6 is 0 Å². The quantitative estimate of drug-likeness (QED) is 0.799. The van der Waals surface area contributed by atoms with Crippen molar-refractivity contribution in [2.24, 2.45) is 5.92 Å². The Labute approximate surface area is 125 Å². The second-order valence-corrected chi connectivity index (χ2v) is 6.21. The number of anilines is 1. The van der Waals surface area contributed by atoms with Gasteiger partial charge in [0.05, 0.1) is 12.0 Å². The lowest BCUT2D eigenvalue weighted by Gasteiger charge is -2.30. The van der Waals surface area contributed by atoms with Gasteiger partial charge < -0.3 is 15.7 Å². The fraction of sp³-hybridized carbons (Fsp3) is 0.588. The Morgan fingerprint density at radius 3 is 2.90 bits per heavy atom. The molecule has 0 spiro atoms. The van der Waals surface area contributed by atoms with E-state index in [4.69, 9.17) is 0 Å². The van der Waals surface area contributed by atoms with Crippen LogP contribution in [0.25, 0.3) is 0 Å². The van der Waals surface area contributed by atoms with Crippen molar-refractivity contribution < 1.29 is 9.90 Å². The van der Waals surface area contributed by atoms with Crippen LogP contribution in [0.15, 0.2) is 24.3 Å². The Morgan fingerprint density at radius 1 is 1.24 bits per heavy atom. The Morgan fingerprint density at radius 2 is 2.05 bits per heavy atom. The van der Waals surface area contributed by atoms with Crippen molar-refractivity contribution in [3.05, 3.63) is 29.8 Å². The third-order valence-corrected chi connectivity index (χ3v) is 4.81. The van der Waals surface area contributed by atoms with Crippen LogP contribution in [-0.4, -0.2) is 30.2 Å². The Balaban J connectivity index is 1.61. The normalized spacial score (nSPS) is 28.3. The third-order valence-electron chi connectivity index (χ3n) is 4.81. The number of carbonyl (C=O) groups excluding carboxylic acids is 1. The largest absolute Gasteiger partial charge is 0.393 e. The second kappa shape index (κ2) is 6.48. The summed E-state index contributed by atoms with van der Waals surface area (Å²) >= 11 is 0. The highest BCUT2D eigenvalue weighted by Gasteiger charge is 2.28. The van der Waals surface area contributed by atoms with Gasteiger partial charge in [-0.05, 0) is 30.9 Å². The van der Waals surface area contributed by atoms with Crippen LogP contribution < -0.4 is 10.6 Å². The first-order valence-electron chi connectivity index (χ1n) is 8.04. The summed E-state index contributed by atoms with van der Waals surface area (Å²) in [5.74, 6) is 0.254. The average Bonchev–Trinajstić information content (AvgIpc) is 2.53. The number of rotatable bonds is 3. The van der Waals surface area contributed by atoms with E-state index in [0.29, 0.717) is 6.54 Å². The highest BCUT2D eigenvalue weighted by atomic mass is 16.3. The van der Waals surface area contributed by atoms with Gasteiger partial charge in [-0.2, -0.15) is 0 Å². The standard InChI is InChI=1S/C17H24N2O2/c20-16-8-4-1-5-12(16)11-19-17(21)14-9-10-18-15-7-3-2-6-13(14)15/h2-3,6-7,12,14,16,18,20H,1,4-5,8-11H2,(H,19,21). The highest BCUT2D eigenvalue weighted by Crippen LogP contribution is 2.31. The van der Waals surface area contributed by atoms with Crippen molar-refractivity contribution in [3.8, 4) is 0 Å². The highest BCUT2D eigenvalue weighted by molar-refractivity contribution is 5.86. The molecule has 1 aromatic carbocycles. The van der Waals surface area contributed by atoms with E-state index >= 15 is 0 Å². The molecule has 1 saturated carbocycles. The van der Waals surface area contributed by atoms with E-state index in [-0.39, 0.29) is 23.8 Å². The average molecular weight is 288 g/mol. The minimum atomic E-state index is -0.251. The van der Waals surface area contributed by atoms with Crippen LogP contribution in [-0.2, 0) is 4.79 Å². The predicted molar refractivity (Wildman–Crippen MR) is 83.3 cm³/mol. The summed E-state index contributed by atoms with van der Waals surface area (Å²) in [6, 6.07) is 8.03. The summed E-state index contributed by atoms with van der Waals surface area (Å²) in [4.78, 5) is 12.5. The predicted octanol–water partition coefficient (Wildman–Crippen LogP) is 2.25. The zero-order valence-electron chi connectivity index (χ0n) is 12.3. The molecule has 114 valence electrons. The van der Waals surface area contributed by atoms with Gasteiger partial charge in [-0.15, -0.1) is 0 Å². The lowest BCUT2D eigenvalue weighted by Crippen LogP contribution is -2.39. The fourth-order valence-electron chi connectivity index (χ4n) is 3.52. The maximum atomic E-state index is 12.5. The van der Waals surface area contributed by atoms with Gasteiger partial charge in [0.15, 0.2) is 0 Å². The van der Waals surface area contributed by atoms with E-state index in [0.717, 1.165) is 49.9 Å². The molecule has 1 fully saturated rings. The van der Waals surface area contributed by atoms with Crippen LogP contribution in [0.3, 0.4) is 0 Å². The lowest BCUT2D eigenvalue weighted by molar-refractivity contribution is -0.123. The zero-order valence-corrected chi connectivity index (χ0v) is 12.3. The molecule has 4 nitrogen and oxygen atoms in total. The number of aliphatic hydroxyl groups is 1. The summed E-state index contributed by atoms with van der Waals surface area (Å²) in [6.45, 7) is 1.44. The van der Waals surface area contributed by atoms with Crippen molar-refractivity contribution in [2.75, 3.05) is 18.4 Å². The number of carbonyl (C=O) groups is 1. The van der Waals surface area contributed by atoms with Crippen molar-refractivity contribution in [2.45, 2.75) is 44.1 Å². The van der Waals surface area contributed by atoms with Crippen molar-refractivity contribution in [3.63, 3.8) is 0 Å². The van der Waals surface area contributed by atoms with E-state index in [1.807, 2.05) is 24.3 Å². The van der Waals surface area contributed by atoms with Gasteiger partial charge in [0.25, 0.3) is 0 Å². The molecule has 0 aromatic heterocycles. The molecule has 0 radical (unpaired) electrons. The molecule has 1 aromatic rings. The van der Waals surface area contributed by atoms with Gasteiger partial charge in [-0.3, -0.25) is 4.79 Å². The number of hydrogen-bond acceptors (Lipinski definition) is 3. The molecular formula is C17H24N2O2. The van der Waals surface area contributed by atoms with E-state index < -0.39 is 0 Å². The number of fused-ring (bicyclic) bond motifs is 1. The number of benzene rings is 1. The number of para-hydroxylation sites is 1. The Hall–Kier alpha value is -1.55. The van der Waals surface area contributed by atoms with E-state index in [1.54, 1.807) is 0 Å². The second-order valence-electron chi connectivity index (χ2n) is 6.21. The number of hydrogen-bond donors (Lipinski definition) is 3. The summed E-state index contributed by atoms with van der Waals surface area (Å²) in [7, 11) is 0. The molecule has 0 bridgehead atoms. The molecule has 3 atom stereocenters. The molecule has 1 aliphatic carbocycles. The fourth-order valence-corrected chi connectivity index (χ4v) is 3.52. The first kappa shape index (κ1) is 14.4. The maximum Gasteiger partial charge on any atom is 0.227 e. The zero-order chi connectivity index (χ0) is 14.7. The van der Waals surface area contributed by atoms with Crippen LogP contribution in [0.1, 0.15) is 43.6 Å². The molecule has 1 heterocycles. The molecule has 0 saturated heterocycles. The number of nitrogens with one attached hydrogen (secondary N) is 2. The molecule has 3 rings (SSSR count). The van der Waals surface area contributed by atoms with Gasteiger partial charge in [-0.25, -0.2) is 0 Å². The van der Waals surface area contributed by atoms with E-state index in [1.165, 1.54) is 0 Å². The van der Waals surface area contributed by atoms with E-state index in [9.17, 15) is 9.90 Å². The molecule has 2 aliphatic rings. The van der Waals surface area contributed by atoms with Crippen molar-refractivity contribution in [1.82, 2.24) is 5.32 Å².